The SMILES string of the molecule is O=C(C1CCN(S(=O)(=O)c2c(Cl)cccc2Cl)CC1)N(Cc1ccccc1)C1CC1. The third-order valence-corrected chi connectivity index (χ3v) is 8.64. The molecule has 160 valence electrons. The van der Waals surface area contributed by atoms with E-state index in [9.17, 15) is 13.2 Å². The molecule has 0 N–H and O–H groups in total. The molecule has 0 bridgehead atoms. The Bertz CT molecular complexity index is 998. The lowest BCUT2D eigenvalue weighted by molar-refractivity contribution is -0.138. The van der Waals surface area contributed by atoms with Crippen LogP contribution in [-0.2, 0) is 21.4 Å². The van der Waals surface area contributed by atoms with E-state index in [0.717, 1.165) is 18.4 Å². The van der Waals surface area contributed by atoms with E-state index in [2.05, 4.69) is 0 Å². The van der Waals surface area contributed by atoms with E-state index in [1.165, 1.54) is 16.4 Å². The maximum absolute atomic E-state index is 13.2. The summed E-state index contributed by atoms with van der Waals surface area (Å²) in [6.45, 7) is 1.17. The second-order valence-corrected chi connectivity index (χ2v) is 10.6. The van der Waals surface area contributed by atoms with Crippen molar-refractivity contribution in [1.29, 1.82) is 0 Å². The van der Waals surface area contributed by atoms with Gasteiger partial charge in [0.25, 0.3) is 0 Å². The molecule has 0 aromatic heterocycles. The van der Waals surface area contributed by atoms with Gasteiger partial charge in [0.2, 0.25) is 15.9 Å². The Morgan fingerprint density at radius 2 is 1.53 bits per heavy atom. The summed E-state index contributed by atoms with van der Waals surface area (Å²) in [5.74, 6) is -0.0309. The summed E-state index contributed by atoms with van der Waals surface area (Å²) in [7, 11) is -3.80. The molecule has 2 fully saturated rings. The van der Waals surface area contributed by atoms with E-state index in [0.29, 0.717) is 25.4 Å². The first-order chi connectivity index (χ1) is 14.4. The highest BCUT2D eigenvalue weighted by atomic mass is 35.5. The van der Waals surface area contributed by atoms with Crippen LogP contribution in [-0.4, -0.2) is 42.7 Å². The van der Waals surface area contributed by atoms with Crippen molar-refractivity contribution >= 4 is 39.1 Å². The lowest BCUT2D eigenvalue weighted by Crippen LogP contribution is -2.45. The molecule has 2 aromatic rings. The number of amides is 1. The maximum Gasteiger partial charge on any atom is 0.246 e. The highest BCUT2D eigenvalue weighted by Crippen LogP contribution is 2.35. The molecule has 0 atom stereocenters. The number of sulfonamides is 1. The minimum atomic E-state index is -3.80. The van der Waals surface area contributed by atoms with Crippen LogP contribution in [0.25, 0.3) is 0 Å². The third-order valence-electron chi connectivity index (χ3n) is 5.79. The first-order valence-electron chi connectivity index (χ1n) is 10.2. The van der Waals surface area contributed by atoms with Crippen LogP contribution in [0.5, 0.6) is 0 Å². The largest absolute Gasteiger partial charge is 0.335 e. The number of carbonyl (C=O) groups is 1. The monoisotopic (exact) mass is 466 g/mol. The van der Waals surface area contributed by atoms with E-state index < -0.39 is 10.0 Å². The Hall–Kier alpha value is -1.60. The Labute approximate surface area is 187 Å². The fourth-order valence-electron chi connectivity index (χ4n) is 3.99. The summed E-state index contributed by atoms with van der Waals surface area (Å²) in [6.07, 6.45) is 3.07. The number of carbonyl (C=O) groups excluding carboxylic acids is 1. The zero-order valence-corrected chi connectivity index (χ0v) is 18.8. The van der Waals surface area contributed by atoms with E-state index in [1.54, 1.807) is 6.07 Å². The number of piperidine rings is 1. The van der Waals surface area contributed by atoms with Crippen molar-refractivity contribution < 1.29 is 13.2 Å². The zero-order chi connectivity index (χ0) is 21.3. The number of halogens is 2. The van der Waals surface area contributed by atoms with Gasteiger partial charge in [-0.2, -0.15) is 4.31 Å². The van der Waals surface area contributed by atoms with Crippen LogP contribution in [0.15, 0.2) is 53.4 Å². The maximum atomic E-state index is 13.2. The second kappa shape index (κ2) is 8.87. The lowest BCUT2D eigenvalue weighted by Gasteiger charge is -2.34. The number of rotatable bonds is 6. The van der Waals surface area contributed by atoms with Crippen molar-refractivity contribution in [1.82, 2.24) is 9.21 Å². The van der Waals surface area contributed by atoms with E-state index in [1.807, 2.05) is 35.2 Å². The van der Waals surface area contributed by atoms with Gasteiger partial charge in [-0.1, -0.05) is 59.6 Å². The van der Waals surface area contributed by atoms with Gasteiger partial charge in [0.05, 0.1) is 10.0 Å². The minimum absolute atomic E-state index is 0.0539. The van der Waals surface area contributed by atoms with Crippen molar-refractivity contribution in [2.75, 3.05) is 13.1 Å². The summed E-state index contributed by atoms with van der Waals surface area (Å²) in [6, 6.07) is 15.0. The van der Waals surface area contributed by atoms with Gasteiger partial charge >= 0.3 is 0 Å². The minimum Gasteiger partial charge on any atom is -0.335 e. The molecule has 30 heavy (non-hydrogen) atoms. The quantitative estimate of drug-likeness (QED) is 0.625. The molecular weight excluding hydrogens is 443 g/mol. The highest BCUT2D eigenvalue weighted by molar-refractivity contribution is 7.89. The summed E-state index contributed by atoms with van der Waals surface area (Å²) >= 11 is 12.2. The summed E-state index contributed by atoms with van der Waals surface area (Å²) in [5, 5.41) is 0.229. The van der Waals surface area contributed by atoms with Crippen molar-refractivity contribution in [2.24, 2.45) is 5.92 Å². The molecule has 0 spiro atoms. The van der Waals surface area contributed by atoms with E-state index >= 15 is 0 Å². The average molecular weight is 467 g/mol. The van der Waals surface area contributed by atoms with Crippen molar-refractivity contribution in [3.05, 3.63) is 64.1 Å². The molecule has 1 aliphatic heterocycles. The molecule has 2 aromatic carbocycles. The van der Waals surface area contributed by atoms with Crippen molar-refractivity contribution in [3.63, 3.8) is 0 Å². The number of benzene rings is 2. The van der Waals surface area contributed by atoms with Gasteiger partial charge in [-0.05, 0) is 43.4 Å². The molecule has 4 rings (SSSR count). The third kappa shape index (κ3) is 4.52. The fraction of sp³-hybridized carbons (Fsp3) is 0.409. The van der Waals surface area contributed by atoms with Crippen molar-refractivity contribution in [3.8, 4) is 0 Å². The Morgan fingerprint density at radius 3 is 2.10 bits per heavy atom. The van der Waals surface area contributed by atoms with Crippen LogP contribution in [0.1, 0.15) is 31.2 Å². The Balaban J connectivity index is 1.44. The summed E-state index contributed by atoms with van der Waals surface area (Å²) in [4.78, 5) is 15.2. The van der Waals surface area contributed by atoms with Crippen molar-refractivity contribution in [2.45, 2.75) is 43.2 Å². The molecule has 0 unspecified atom stereocenters. The number of hydrogen-bond acceptors (Lipinski definition) is 3. The van der Waals surface area contributed by atoms with Gasteiger partial charge < -0.3 is 4.90 Å². The standard InChI is InChI=1S/C22H24Cl2N2O3S/c23-19-7-4-8-20(24)21(19)30(28,29)25-13-11-17(12-14-25)22(27)26(18-9-10-18)15-16-5-2-1-3-6-16/h1-8,17-18H,9-15H2. The van der Waals surface area contributed by atoms with Gasteiger partial charge in [0, 0.05) is 31.6 Å². The smallest absolute Gasteiger partial charge is 0.246 e. The molecule has 1 amide bonds. The molecule has 1 heterocycles. The van der Waals surface area contributed by atoms with Gasteiger partial charge in [-0.25, -0.2) is 8.42 Å². The summed E-state index contributed by atoms with van der Waals surface area (Å²) in [5.41, 5.74) is 1.12. The Kier molecular flexibility index (Phi) is 6.39. The molecule has 1 aliphatic carbocycles. The molecule has 8 heteroatoms. The second-order valence-electron chi connectivity index (χ2n) is 7.91. The van der Waals surface area contributed by atoms with Crippen LogP contribution in [0.2, 0.25) is 10.0 Å². The number of nitrogens with zero attached hydrogens (tertiary/aromatic N) is 2. The first kappa shape index (κ1) is 21.6. The van der Waals surface area contributed by atoms with Gasteiger partial charge in [-0.15, -0.1) is 0 Å². The number of hydrogen-bond donors (Lipinski definition) is 0. The van der Waals surface area contributed by atoms with Gasteiger partial charge in [-0.3, -0.25) is 4.79 Å². The first-order valence-corrected chi connectivity index (χ1v) is 12.4. The van der Waals surface area contributed by atoms with Gasteiger partial charge in [0.1, 0.15) is 4.90 Å². The Morgan fingerprint density at radius 1 is 0.933 bits per heavy atom. The molecule has 1 saturated heterocycles. The van der Waals surface area contributed by atoms with Crippen LogP contribution in [0.4, 0.5) is 0 Å². The molecule has 5 nitrogen and oxygen atoms in total. The van der Waals surface area contributed by atoms with Crippen LogP contribution in [0.3, 0.4) is 0 Å². The molecule has 0 radical (unpaired) electrons. The predicted molar refractivity (Wildman–Crippen MR) is 118 cm³/mol. The molecular formula is C22H24Cl2N2O3S. The average Bonchev–Trinajstić information content (AvgIpc) is 3.57. The van der Waals surface area contributed by atoms with E-state index in [4.69, 9.17) is 23.2 Å². The molecule has 1 saturated carbocycles. The van der Waals surface area contributed by atoms with Crippen LogP contribution < -0.4 is 0 Å². The van der Waals surface area contributed by atoms with E-state index in [-0.39, 0.29) is 39.9 Å². The zero-order valence-electron chi connectivity index (χ0n) is 16.5. The molecule has 2 aliphatic rings. The van der Waals surface area contributed by atoms with Crippen LogP contribution in [0, 0.1) is 5.92 Å². The highest BCUT2D eigenvalue weighted by Gasteiger charge is 2.39. The lowest BCUT2D eigenvalue weighted by atomic mass is 9.96. The fourth-order valence-corrected chi connectivity index (χ4v) is 6.55. The predicted octanol–water partition coefficient (Wildman–Crippen LogP) is 4.59. The van der Waals surface area contributed by atoms with Gasteiger partial charge in [0.15, 0.2) is 0 Å². The van der Waals surface area contributed by atoms with Crippen LogP contribution >= 0.6 is 23.2 Å². The normalized spacial score (nSPS) is 18.3. The topological polar surface area (TPSA) is 57.7 Å². The summed E-state index contributed by atoms with van der Waals surface area (Å²) < 4.78 is 27.5.